The molecule has 0 bridgehead atoms. The van der Waals surface area contributed by atoms with Gasteiger partial charge in [-0.1, -0.05) is 59.7 Å². The van der Waals surface area contributed by atoms with E-state index in [1.54, 1.807) is 18.3 Å². The van der Waals surface area contributed by atoms with Crippen LogP contribution < -0.4 is 4.74 Å². The fraction of sp³-hybridized carbons (Fsp3) is 0.0455. The largest absolute Gasteiger partial charge is 0.506 e. The van der Waals surface area contributed by atoms with Crippen molar-refractivity contribution in [2.75, 3.05) is 0 Å². The number of halogens is 2. The molecule has 144 valence electrons. The minimum Gasteiger partial charge on any atom is -0.506 e. The van der Waals surface area contributed by atoms with E-state index in [1.807, 2.05) is 30.3 Å². The maximum absolute atomic E-state index is 9.82. The van der Waals surface area contributed by atoms with E-state index in [9.17, 15) is 5.11 Å². The Morgan fingerprint density at radius 3 is 2.07 bits per heavy atom. The molecule has 0 saturated heterocycles. The van der Waals surface area contributed by atoms with Gasteiger partial charge in [0.1, 0.15) is 18.1 Å². The third-order valence-electron chi connectivity index (χ3n) is 4.28. The summed E-state index contributed by atoms with van der Waals surface area (Å²) < 4.78 is 6.77. The van der Waals surface area contributed by atoms with Gasteiger partial charge in [-0.25, -0.2) is 4.98 Å². The van der Waals surface area contributed by atoms with Crippen LogP contribution in [0.2, 0.25) is 0 Å². The van der Waals surface area contributed by atoms with Gasteiger partial charge in [0, 0.05) is 5.56 Å². The highest BCUT2D eigenvalue weighted by Gasteiger charge is 2.10. The number of rotatable bonds is 5. The average molecular weight is 513 g/mol. The molecule has 3 aromatic carbocycles. The van der Waals surface area contributed by atoms with E-state index in [0.717, 1.165) is 16.7 Å². The third kappa shape index (κ3) is 4.63. The van der Waals surface area contributed by atoms with E-state index in [1.165, 1.54) is 5.56 Å². The minimum absolute atomic E-state index is 0.132. The zero-order valence-corrected chi connectivity index (χ0v) is 18.3. The highest BCUT2D eigenvalue weighted by Crippen LogP contribution is 2.36. The van der Waals surface area contributed by atoms with E-state index < -0.39 is 0 Å². The molecule has 0 aliphatic heterocycles. The van der Waals surface area contributed by atoms with Crippen molar-refractivity contribution < 1.29 is 9.84 Å². The molecule has 0 atom stereocenters. The summed E-state index contributed by atoms with van der Waals surface area (Å²) >= 11 is 6.61. The second-order valence-electron chi connectivity index (χ2n) is 6.27. The number of hydrogen-bond acceptors (Lipinski definition) is 5. The van der Waals surface area contributed by atoms with E-state index in [-0.39, 0.29) is 11.8 Å². The van der Waals surface area contributed by atoms with Crippen molar-refractivity contribution in [3.63, 3.8) is 0 Å². The van der Waals surface area contributed by atoms with Crippen molar-refractivity contribution in [3.8, 4) is 34.1 Å². The van der Waals surface area contributed by atoms with Gasteiger partial charge in [0.15, 0.2) is 0 Å². The number of ether oxygens (including phenoxy) is 1. The first-order chi connectivity index (χ1) is 14.1. The summed E-state index contributed by atoms with van der Waals surface area (Å²) in [5.41, 5.74) is 4.69. The molecule has 29 heavy (non-hydrogen) atoms. The molecular formula is C22H15Br2N3O2. The number of benzene rings is 3. The third-order valence-corrected chi connectivity index (χ3v) is 5.49. The topological polar surface area (TPSA) is 68.1 Å². The number of nitrogens with zero attached hydrogens (tertiary/aromatic N) is 3. The monoisotopic (exact) mass is 511 g/mol. The fourth-order valence-electron chi connectivity index (χ4n) is 2.75. The van der Waals surface area contributed by atoms with Crippen molar-refractivity contribution in [1.82, 2.24) is 15.2 Å². The molecule has 0 aliphatic rings. The quantitative estimate of drug-likeness (QED) is 0.354. The van der Waals surface area contributed by atoms with Crippen molar-refractivity contribution in [2.24, 2.45) is 0 Å². The molecular weight excluding hydrogens is 498 g/mol. The molecule has 1 heterocycles. The molecule has 1 N–H and O–H groups in total. The predicted octanol–water partition coefficient (Wildman–Crippen LogP) is 6.02. The average Bonchev–Trinajstić information content (AvgIpc) is 2.77. The van der Waals surface area contributed by atoms with Crippen LogP contribution in [0.5, 0.6) is 11.8 Å². The Morgan fingerprint density at radius 2 is 1.45 bits per heavy atom. The van der Waals surface area contributed by atoms with Crippen molar-refractivity contribution in [2.45, 2.75) is 6.61 Å². The molecule has 0 amide bonds. The van der Waals surface area contributed by atoms with E-state index in [2.05, 4.69) is 71.3 Å². The van der Waals surface area contributed by atoms with Gasteiger partial charge in [-0.3, -0.25) is 0 Å². The zero-order chi connectivity index (χ0) is 20.2. The van der Waals surface area contributed by atoms with E-state index in [4.69, 9.17) is 4.74 Å². The van der Waals surface area contributed by atoms with Gasteiger partial charge in [0.25, 0.3) is 0 Å². The van der Waals surface area contributed by atoms with Crippen LogP contribution >= 0.6 is 31.9 Å². The Balaban J connectivity index is 1.42. The van der Waals surface area contributed by atoms with E-state index >= 15 is 0 Å². The Bertz CT molecular complexity index is 1100. The molecule has 4 rings (SSSR count). The summed E-state index contributed by atoms with van der Waals surface area (Å²) in [4.78, 5) is 4.23. The van der Waals surface area contributed by atoms with Crippen LogP contribution in [-0.2, 0) is 6.61 Å². The van der Waals surface area contributed by atoms with Crippen LogP contribution in [0, 0.1) is 0 Å². The lowest BCUT2D eigenvalue weighted by Gasteiger charge is -2.07. The SMILES string of the molecule is Oc1c(Br)cc(-c2cnc(OCc3ccc(-c4ccccc4)cc3)nn2)cc1Br. The normalized spacial score (nSPS) is 10.7. The molecule has 0 unspecified atom stereocenters. The lowest BCUT2D eigenvalue weighted by molar-refractivity contribution is 0.277. The lowest BCUT2D eigenvalue weighted by Crippen LogP contribution is -2.01. The van der Waals surface area contributed by atoms with Crippen LogP contribution in [-0.4, -0.2) is 20.3 Å². The van der Waals surface area contributed by atoms with Gasteiger partial charge >= 0.3 is 6.01 Å². The summed E-state index contributed by atoms with van der Waals surface area (Å²) in [6.07, 6.45) is 1.59. The van der Waals surface area contributed by atoms with Crippen LogP contribution in [0.3, 0.4) is 0 Å². The second-order valence-corrected chi connectivity index (χ2v) is 7.97. The minimum atomic E-state index is 0.132. The molecule has 0 fully saturated rings. The maximum atomic E-state index is 9.82. The van der Waals surface area contributed by atoms with E-state index in [0.29, 0.717) is 21.2 Å². The first-order valence-corrected chi connectivity index (χ1v) is 10.3. The molecule has 0 radical (unpaired) electrons. The Kier molecular flexibility index (Phi) is 5.87. The molecule has 7 heteroatoms. The van der Waals surface area contributed by atoms with Crippen LogP contribution in [0.1, 0.15) is 5.56 Å². The zero-order valence-electron chi connectivity index (χ0n) is 15.1. The van der Waals surface area contributed by atoms with Crippen LogP contribution in [0.25, 0.3) is 22.4 Å². The molecule has 1 aromatic heterocycles. The highest BCUT2D eigenvalue weighted by atomic mass is 79.9. The second kappa shape index (κ2) is 8.71. The molecule has 0 aliphatic carbocycles. The summed E-state index contributed by atoms with van der Waals surface area (Å²) in [5.74, 6) is 0.132. The van der Waals surface area contributed by atoms with Crippen molar-refractivity contribution >= 4 is 31.9 Å². The Labute approximate surface area is 184 Å². The summed E-state index contributed by atoms with van der Waals surface area (Å²) in [6.45, 7) is 0.354. The molecule has 4 aromatic rings. The number of phenolic OH excluding ortho intramolecular Hbond substituents is 1. The van der Waals surface area contributed by atoms with Crippen molar-refractivity contribution in [1.29, 1.82) is 0 Å². The van der Waals surface area contributed by atoms with Gasteiger partial charge in [-0.2, -0.15) is 0 Å². The van der Waals surface area contributed by atoms with Crippen LogP contribution in [0.15, 0.2) is 81.9 Å². The summed E-state index contributed by atoms with van der Waals surface area (Å²) in [5, 5.41) is 18.0. The number of phenols is 1. The lowest BCUT2D eigenvalue weighted by atomic mass is 10.0. The summed E-state index contributed by atoms with van der Waals surface area (Å²) in [6, 6.07) is 22.1. The molecule has 0 spiro atoms. The number of aromatic nitrogens is 3. The molecule has 0 saturated carbocycles. The van der Waals surface area contributed by atoms with Gasteiger partial charge < -0.3 is 9.84 Å². The van der Waals surface area contributed by atoms with Gasteiger partial charge in [0.05, 0.1) is 15.1 Å². The number of hydrogen-bond donors (Lipinski definition) is 1. The van der Waals surface area contributed by atoms with Gasteiger partial charge in [-0.15, -0.1) is 5.10 Å². The van der Waals surface area contributed by atoms with Crippen molar-refractivity contribution in [3.05, 3.63) is 87.4 Å². The first-order valence-electron chi connectivity index (χ1n) is 8.75. The Morgan fingerprint density at radius 1 is 0.793 bits per heavy atom. The predicted molar refractivity (Wildman–Crippen MR) is 119 cm³/mol. The summed E-state index contributed by atoms with van der Waals surface area (Å²) in [7, 11) is 0. The van der Waals surface area contributed by atoms with Crippen LogP contribution in [0.4, 0.5) is 0 Å². The smallest absolute Gasteiger partial charge is 0.336 e. The van der Waals surface area contributed by atoms with Gasteiger partial charge in [-0.05, 0) is 60.7 Å². The fourth-order valence-corrected chi connectivity index (χ4v) is 3.93. The maximum Gasteiger partial charge on any atom is 0.336 e. The molecule has 5 nitrogen and oxygen atoms in total. The van der Waals surface area contributed by atoms with Gasteiger partial charge in [0.2, 0.25) is 0 Å². The number of aromatic hydroxyl groups is 1. The highest BCUT2D eigenvalue weighted by molar-refractivity contribution is 9.11. The standard InChI is InChI=1S/C22H15Br2N3O2/c23-18-10-17(11-19(24)21(18)28)20-12-25-22(27-26-20)29-13-14-6-8-16(9-7-14)15-4-2-1-3-5-15/h1-12,28H,13H2. The first kappa shape index (κ1) is 19.5. The Hall–Kier alpha value is -2.77.